The minimum absolute atomic E-state index is 0. The summed E-state index contributed by atoms with van der Waals surface area (Å²) >= 11 is 1.33. The second-order valence-electron chi connectivity index (χ2n) is 6.22. The first-order chi connectivity index (χ1) is 15.6. The zero-order valence-electron chi connectivity index (χ0n) is 18.6. The number of hydrogen-bond acceptors (Lipinski definition) is 6. The Morgan fingerprint density at radius 3 is 1.38 bits per heavy atom. The zero-order chi connectivity index (χ0) is 23.2. The van der Waals surface area contributed by atoms with Gasteiger partial charge in [-0.05, 0) is 24.3 Å². The van der Waals surface area contributed by atoms with Gasteiger partial charge in [0, 0.05) is 58.3 Å². The molecule has 5 aromatic heterocycles. The monoisotopic (exact) mass is 698 g/mol. The first-order valence-electron chi connectivity index (χ1n) is 9.34. The van der Waals surface area contributed by atoms with E-state index in [1.54, 1.807) is 35.8 Å². The van der Waals surface area contributed by atoms with E-state index in [1.807, 2.05) is 79.1 Å². The van der Waals surface area contributed by atoms with Gasteiger partial charge in [0.25, 0.3) is 0 Å². The van der Waals surface area contributed by atoms with Gasteiger partial charge in [0.1, 0.15) is 24.0 Å². The normalized spacial score (nSPS) is 8.85. The number of rotatable bonds is 2. The van der Waals surface area contributed by atoms with Crippen LogP contribution in [0.4, 0.5) is 0 Å². The third kappa shape index (κ3) is 10.1. The number of imidazole rings is 2. The zero-order valence-corrected chi connectivity index (χ0v) is 23.4. The van der Waals surface area contributed by atoms with Crippen molar-refractivity contribution in [2.45, 2.75) is 0 Å². The van der Waals surface area contributed by atoms with Crippen LogP contribution in [-0.2, 0) is 38.7 Å². The molecule has 9 nitrogen and oxygen atoms in total. The molecule has 0 spiro atoms. The number of aryl methyl sites for hydroxylation is 3. The van der Waals surface area contributed by atoms with Crippen LogP contribution in [-0.4, -0.2) is 43.8 Å². The second-order valence-corrected chi connectivity index (χ2v) is 6.22. The van der Waals surface area contributed by atoms with E-state index in [1.165, 1.54) is 23.9 Å². The molecule has 5 rings (SSSR count). The molecule has 0 fully saturated rings. The van der Waals surface area contributed by atoms with Crippen LogP contribution in [0.1, 0.15) is 0 Å². The summed E-state index contributed by atoms with van der Waals surface area (Å²) in [4.78, 5) is 20.4. The molecule has 0 aliphatic carbocycles. The first kappa shape index (κ1) is 31.4. The third-order valence-electron chi connectivity index (χ3n) is 3.96. The van der Waals surface area contributed by atoms with Crippen LogP contribution < -0.4 is 24.8 Å². The van der Waals surface area contributed by atoms with E-state index < -0.39 is 0 Å². The van der Waals surface area contributed by atoms with Gasteiger partial charge in [-0.2, -0.15) is 5.10 Å². The fraction of sp³-hybridized carbons (Fsp3) is 0.143. The van der Waals surface area contributed by atoms with Crippen LogP contribution in [0, 0.1) is 0 Å². The third-order valence-corrected chi connectivity index (χ3v) is 3.96. The molecule has 13 heteroatoms. The van der Waals surface area contributed by atoms with E-state index in [-0.39, 0.29) is 24.8 Å². The summed E-state index contributed by atoms with van der Waals surface area (Å²) in [5.41, 5.74) is 1.81. The van der Waals surface area contributed by atoms with Gasteiger partial charge in [-0.3, -0.25) is 14.6 Å². The average Bonchev–Trinajstić information content (AvgIpc) is 3.60. The predicted octanol–water partition coefficient (Wildman–Crippen LogP) is -2.53. The van der Waals surface area contributed by atoms with Gasteiger partial charge in [0.05, 0.1) is 0 Å². The number of halogens is 3. The van der Waals surface area contributed by atoms with Gasteiger partial charge in [-0.15, -0.1) is 0 Å². The molecule has 0 unspecified atom stereocenters. The molecule has 5 heterocycles. The quantitative estimate of drug-likeness (QED) is 0.202. The molecule has 0 aliphatic rings. The number of aromatic nitrogens is 9. The molecule has 0 bridgehead atoms. The van der Waals surface area contributed by atoms with Crippen LogP contribution in [0.5, 0.6) is 0 Å². The van der Waals surface area contributed by atoms with Crippen LogP contribution in [0.3, 0.4) is 0 Å². The van der Waals surface area contributed by atoms with Crippen molar-refractivity contribution in [1.29, 1.82) is 0 Å². The summed E-state index contributed by atoms with van der Waals surface area (Å²) in [7, 11) is 10.4. The predicted molar refractivity (Wildman–Crippen MR) is 120 cm³/mol. The fourth-order valence-corrected chi connectivity index (χ4v) is 2.48. The van der Waals surface area contributed by atoms with Crippen molar-refractivity contribution in [3.05, 3.63) is 86.2 Å². The SMILES string of the molecule is Cn1ccnc1-c1ccccn1.Cn1ccnc1-c1ccccn1.Cn1cncn1.[Cl-].[Cl-].[Cl][Os]. The van der Waals surface area contributed by atoms with Crippen LogP contribution >= 0.6 is 9.64 Å². The molecule has 0 amide bonds. The van der Waals surface area contributed by atoms with Gasteiger partial charge in [-0.1, -0.05) is 12.1 Å². The number of pyridine rings is 2. The molecule has 0 N–H and O–H groups in total. The van der Waals surface area contributed by atoms with Gasteiger partial charge in [0.2, 0.25) is 0 Å². The van der Waals surface area contributed by atoms with Gasteiger partial charge in [0.15, 0.2) is 11.6 Å². The van der Waals surface area contributed by atoms with Gasteiger partial charge in [-0.25, -0.2) is 15.0 Å². The van der Waals surface area contributed by atoms with Crippen molar-refractivity contribution in [1.82, 2.24) is 43.8 Å². The summed E-state index contributed by atoms with van der Waals surface area (Å²) in [5.74, 6) is 1.80. The van der Waals surface area contributed by atoms with Crippen LogP contribution in [0.25, 0.3) is 23.0 Å². The maximum atomic E-state index is 4.67. The molecule has 0 aliphatic heterocycles. The van der Waals surface area contributed by atoms with Crippen molar-refractivity contribution in [3.8, 4) is 23.0 Å². The molecular weight excluding hydrogens is 675 g/mol. The summed E-state index contributed by atoms with van der Waals surface area (Å²) in [5, 5.41) is 3.72. The Morgan fingerprint density at radius 2 is 1.15 bits per heavy atom. The van der Waals surface area contributed by atoms with Crippen LogP contribution in [0.2, 0.25) is 0 Å². The van der Waals surface area contributed by atoms with Crippen molar-refractivity contribution in [2.24, 2.45) is 21.1 Å². The standard InChI is InChI=1S/2C9H9N3.C3H5N3.3ClH.Os/c2*1-12-7-6-11-9(12)8-4-2-3-5-10-8;1-6-3-4-2-5-6;;;;/h2*2-7H,1H3;2-3H,1H3;3*1H;/q;;;;;;+1/p-3. The Morgan fingerprint density at radius 1 is 0.676 bits per heavy atom. The average molecular weight is 698 g/mol. The molecule has 0 aromatic carbocycles. The van der Waals surface area contributed by atoms with Crippen LogP contribution in [0.15, 0.2) is 86.2 Å². The Hall–Kier alpha value is -2.63. The van der Waals surface area contributed by atoms with E-state index in [0.717, 1.165) is 23.0 Å². The van der Waals surface area contributed by atoms with Crippen molar-refractivity contribution < 1.29 is 42.4 Å². The van der Waals surface area contributed by atoms with Crippen molar-refractivity contribution in [3.63, 3.8) is 0 Å². The van der Waals surface area contributed by atoms with E-state index in [0.29, 0.717) is 0 Å². The molecule has 0 atom stereocenters. The van der Waals surface area contributed by atoms with E-state index in [2.05, 4.69) is 39.7 Å². The molecular formula is C21H23Cl3N9Os-2. The first-order valence-corrected chi connectivity index (χ1v) is 12.5. The second kappa shape index (κ2) is 17.8. The maximum absolute atomic E-state index is 4.67. The topological polar surface area (TPSA) is 92.1 Å². The van der Waals surface area contributed by atoms with E-state index in [4.69, 9.17) is 0 Å². The molecule has 5 aromatic rings. The Kier molecular flexibility index (Phi) is 16.4. The van der Waals surface area contributed by atoms with Gasteiger partial charge < -0.3 is 33.9 Å². The molecule has 183 valence electrons. The molecule has 34 heavy (non-hydrogen) atoms. The van der Waals surface area contributed by atoms with E-state index in [9.17, 15) is 0 Å². The summed E-state index contributed by atoms with van der Waals surface area (Å²) in [6.07, 6.45) is 14.0. The minimum atomic E-state index is 0. The summed E-state index contributed by atoms with van der Waals surface area (Å²) < 4.78 is 5.53. The van der Waals surface area contributed by atoms with Crippen molar-refractivity contribution in [2.75, 3.05) is 0 Å². The number of hydrogen-bond donors (Lipinski definition) is 0. The van der Waals surface area contributed by atoms with Crippen molar-refractivity contribution >= 4 is 9.64 Å². The number of nitrogens with zero attached hydrogens (tertiary/aromatic N) is 9. The Labute approximate surface area is 225 Å². The van der Waals surface area contributed by atoms with E-state index >= 15 is 0 Å². The molecule has 0 radical (unpaired) electrons. The van der Waals surface area contributed by atoms with Gasteiger partial charge >= 0.3 is 27.2 Å². The molecule has 0 saturated carbocycles. The molecule has 0 saturated heterocycles. The fourth-order valence-electron chi connectivity index (χ4n) is 2.48. The Balaban J connectivity index is 0.000000471. The summed E-state index contributed by atoms with van der Waals surface area (Å²) in [6, 6.07) is 11.6. The summed E-state index contributed by atoms with van der Waals surface area (Å²) in [6.45, 7) is 0. The Bertz CT molecular complexity index is 1060.